The molecule has 50 heavy (non-hydrogen) atoms. The molecule has 4 aromatic carbocycles. The first-order valence-corrected chi connectivity index (χ1v) is 16.1. The second-order valence-electron chi connectivity index (χ2n) is 12.6. The summed E-state index contributed by atoms with van der Waals surface area (Å²) in [5, 5.41) is 2.66. The first-order chi connectivity index (χ1) is 24.0. The molecule has 1 aliphatic carbocycles. The zero-order valence-electron chi connectivity index (χ0n) is 29.5. The van der Waals surface area contributed by atoms with Gasteiger partial charge in [-0.15, -0.1) is 0 Å². The number of methoxy groups -OCH3 is 4. The van der Waals surface area contributed by atoms with Gasteiger partial charge in [-0.3, -0.25) is 0 Å². The highest BCUT2D eigenvalue weighted by atomic mass is 16.6. The van der Waals surface area contributed by atoms with Crippen LogP contribution in [0.4, 0.5) is 4.79 Å². The lowest BCUT2D eigenvalue weighted by molar-refractivity contribution is -0.140. The van der Waals surface area contributed by atoms with Crippen molar-refractivity contribution in [1.29, 1.82) is 0 Å². The molecule has 1 atom stereocenters. The molecule has 0 unspecified atom stereocenters. The molecule has 0 saturated carbocycles. The number of fused-ring (bicyclic) bond motifs is 3. The molecule has 0 saturated heterocycles. The fourth-order valence-electron chi connectivity index (χ4n) is 5.83. The molecule has 4 aromatic rings. The van der Waals surface area contributed by atoms with Crippen molar-refractivity contribution in [2.24, 2.45) is 0 Å². The molecule has 0 radical (unpaired) electrons. The molecule has 0 aromatic heterocycles. The molecule has 0 heterocycles. The van der Waals surface area contributed by atoms with Crippen LogP contribution in [0.2, 0.25) is 0 Å². The Kier molecular flexibility index (Phi) is 11.0. The van der Waals surface area contributed by atoms with Gasteiger partial charge in [-0.05, 0) is 84.0 Å². The SMILES string of the molecule is C=C(c1ccc(OC)c(OC(=O)[C@@H](COC(C)(C)C)NC(=O)OCC2c3ccccc3-c3ccccc32)c1)c1cc(OC)c(OC)c(OC)c1. The Morgan fingerprint density at radius 3 is 1.84 bits per heavy atom. The number of esters is 1. The molecule has 5 rings (SSSR count). The van der Waals surface area contributed by atoms with E-state index >= 15 is 0 Å². The summed E-state index contributed by atoms with van der Waals surface area (Å²) in [7, 11) is 6.06. The highest BCUT2D eigenvalue weighted by Crippen LogP contribution is 2.45. The van der Waals surface area contributed by atoms with Gasteiger partial charge < -0.3 is 38.5 Å². The zero-order valence-corrected chi connectivity index (χ0v) is 29.5. The van der Waals surface area contributed by atoms with E-state index in [1.165, 1.54) is 28.4 Å². The summed E-state index contributed by atoms with van der Waals surface area (Å²) in [5.41, 5.74) is 5.69. The smallest absolute Gasteiger partial charge is 0.407 e. The van der Waals surface area contributed by atoms with Gasteiger partial charge in [0.15, 0.2) is 29.0 Å². The maximum atomic E-state index is 13.7. The number of hydrogen-bond donors (Lipinski definition) is 1. The van der Waals surface area contributed by atoms with Gasteiger partial charge in [0, 0.05) is 5.92 Å². The molecular weight excluding hydrogens is 638 g/mol. The minimum atomic E-state index is -1.20. The minimum Gasteiger partial charge on any atom is -0.493 e. The van der Waals surface area contributed by atoms with Crippen LogP contribution < -0.4 is 29.0 Å². The molecular formula is C40H43NO9. The topological polar surface area (TPSA) is 111 Å². The lowest BCUT2D eigenvalue weighted by Gasteiger charge is -2.24. The summed E-state index contributed by atoms with van der Waals surface area (Å²) in [6.07, 6.45) is -0.775. The molecule has 0 fully saturated rings. The van der Waals surface area contributed by atoms with Crippen molar-refractivity contribution >= 4 is 17.6 Å². The Balaban J connectivity index is 1.34. The van der Waals surface area contributed by atoms with E-state index in [9.17, 15) is 9.59 Å². The maximum Gasteiger partial charge on any atom is 0.407 e. The van der Waals surface area contributed by atoms with Gasteiger partial charge in [0.2, 0.25) is 5.75 Å². The Labute approximate surface area is 292 Å². The van der Waals surface area contributed by atoms with E-state index < -0.39 is 23.7 Å². The normalized spacial score (nSPS) is 12.6. The summed E-state index contributed by atoms with van der Waals surface area (Å²) >= 11 is 0. The minimum absolute atomic E-state index is 0.0840. The zero-order chi connectivity index (χ0) is 36.0. The van der Waals surface area contributed by atoms with E-state index in [4.69, 9.17) is 33.2 Å². The highest BCUT2D eigenvalue weighted by molar-refractivity contribution is 5.85. The Hall–Kier alpha value is -5.48. The largest absolute Gasteiger partial charge is 0.493 e. The molecule has 0 aliphatic heterocycles. The van der Waals surface area contributed by atoms with E-state index in [-0.39, 0.29) is 24.9 Å². The van der Waals surface area contributed by atoms with Crippen LogP contribution in [0.25, 0.3) is 16.7 Å². The van der Waals surface area contributed by atoms with Gasteiger partial charge in [0.1, 0.15) is 6.61 Å². The van der Waals surface area contributed by atoms with Gasteiger partial charge in [-0.25, -0.2) is 9.59 Å². The van der Waals surface area contributed by atoms with Gasteiger partial charge in [-0.2, -0.15) is 0 Å². The summed E-state index contributed by atoms with van der Waals surface area (Å²) < 4.78 is 39.5. The van der Waals surface area contributed by atoms with Crippen molar-refractivity contribution in [3.05, 3.63) is 108 Å². The van der Waals surface area contributed by atoms with Crippen LogP contribution in [0.3, 0.4) is 0 Å². The molecule has 1 amide bonds. The predicted molar refractivity (Wildman–Crippen MR) is 191 cm³/mol. The van der Waals surface area contributed by atoms with Crippen molar-refractivity contribution in [1.82, 2.24) is 5.32 Å². The van der Waals surface area contributed by atoms with Gasteiger partial charge >= 0.3 is 12.1 Å². The van der Waals surface area contributed by atoms with Crippen LogP contribution in [-0.2, 0) is 14.3 Å². The third-order valence-corrected chi connectivity index (χ3v) is 8.34. The third-order valence-electron chi connectivity index (χ3n) is 8.34. The number of benzene rings is 4. The summed E-state index contributed by atoms with van der Waals surface area (Å²) in [6.45, 7) is 9.74. The second-order valence-corrected chi connectivity index (χ2v) is 12.6. The number of carbonyl (C=O) groups is 2. The molecule has 1 aliphatic rings. The van der Waals surface area contributed by atoms with E-state index in [2.05, 4.69) is 24.0 Å². The van der Waals surface area contributed by atoms with Crippen molar-refractivity contribution in [2.75, 3.05) is 41.7 Å². The van der Waals surface area contributed by atoms with Crippen LogP contribution in [0.1, 0.15) is 48.9 Å². The molecule has 1 N–H and O–H groups in total. The van der Waals surface area contributed by atoms with Crippen LogP contribution in [0.5, 0.6) is 28.7 Å². The van der Waals surface area contributed by atoms with Crippen molar-refractivity contribution in [3.63, 3.8) is 0 Å². The molecule has 0 spiro atoms. The second kappa shape index (κ2) is 15.4. The number of ether oxygens (including phenoxy) is 7. The highest BCUT2D eigenvalue weighted by Gasteiger charge is 2.31. The monoisotopic (exact) mass is 681 g/mol. The fraction of sp³-hybridized carbons (Fsp3) is 0.300. The van der Waals surface area contributed by atoms with Crippen LogP contribution in [-0.4, -0.2) is 65.4 Å². The molecule has 10 nitrogen and oxygen atoms in total. The first kappa shape index (κ1) is 35.8. The maximum absolute atomic E-state index is 13.7. The summed E-state index contributed by atoms with van der Waals surface area (Å²) in [6, 6.07) is 23.6. The van der Waals surface area contributed by atoms with Gasteiger partial charge in [0.05, 0.1) is 40.6 Å². The first-order valence-electron chi connectivity index (χ1n) is 16.1. The Morgan fingerprint density at radius 1 is 0.740 bits per heavy atom. The van der Waals surface area contributed by atoms with E-state index in [0.717, 1.165) is 22.3 Å². The number of hydrogen-bond acceptors (Lipinski definition) is 9. The summed E-state index contributed by atoms with van der Waals surface area (Å²) in [4.78, 5) is 26.9. The lowest BCUT2D eigenvalue weighted by Crippen LogP contribution is -2.47. The van der Waals surface area contributed by atoms with E-state index in [1.807, 2.05) is 57.2 Å². The van der Waals surface area contributed by atoms with Crippen LogP contribution in [0.15, 0.2) is 85.4 Å². The van der Waals surface area contributed by atoms with Crippen molar-refractivity contribution in [2.45, 2.75) is 38.3 Å². The standard InChI is InChI=1S/C40H43NO9/c1-24(26-20-35(45-6)37(47-8)36(21-26)46-7)25-17-18-33(44-5)34(19-25)50-38(42)32(23-49-40(2,3)4)41-39(43)48-22-31-29-15-11-9-13-27(29)28-14-10-12-16-30(28)31/h9-21,31-32H,1,22-23H2,2-8H3,(H,41,43)/t32-/m1/s1. The van der Waals surface area contributed by atoms with Crippen molar-refractivity contribution < 1.29 is 42.7 Å². The van der Waals surface area contributed by atoms with E-state index in [0.29, 0.717) is 39.7 Å². The van der Waals surface area contributed by atoms with Crippen molar-refractivity contribution in [3.8, 4) is 39.9 Å². The molecule has 10 heteroatoms. The third kappa shape index (κ3) is 7.87. The quantitative estimate of drug-likeness (QED) is 0.114. The average Bonchev–Trinajstić information content (AvgIpc) is 3.44. The number of nitrogens with one attached hydrogen (secondary N) is 1. The Morgan fingerprint density at radius 2 is 1.30 bits per heavy atom. The lowest BCUT2D eigenvalue weighted by atomic mass is 9.98. The predicted octanol–water partition coefficient (Wildman–Crippen LogP) is 7.41. The Bertz CT molecular complexity index is 1810. The van der Waals surface area contributed by atoms with Crippen LogP contribution >= 0.6 is 0 Å². The van der Waals surface area contributed by atoms with Gasteiger partial charge in [-0.1, -0.05) is 61.2 Å². The van der Waals surface area contributed by atoms with Crippen LogP contribution in [0, 0.1) is 0 Å². The fourth-order valence-corrected chi connectivity index (χ4v) is 5.83. The van der Waals surface area contributed by atoms with Gasteiger partial charge in [0.25, 0.3) is 0 Å². The van der Waals surface area contributed by atoms with E-state index in [1.54, 1.807) is 30.3 Å². The average molecular weight is 682 g/mol. The number of alkyl carbamates (subject to hydrolysis) is 1. The summed E-state index contributed by atoms with van der Waals surface area (Å²) in [5.74, 6) is 0.887. The number of amides is 1. The molecule has 262 valence electrons. The number of carbonyl (C=O) groups excluding carboxylic acids is 2. The number of rotatable bonds is 13. The molecule has 0 bridgehead atoms.